The summed E-state index contributed by atoms with van der Waals surface area (Å²) >= 11 is 0. The number of carbonyl (C=O) groups is 5. The number of imide groups is 2. The van der Waals surface area contributed by atoms with Gasteiger partial charge in [0.25, 0.3) is 17.7 Å². The van der Waals surface area contributed by atoms with Crippen LogP contribution in [0, 0.1) is 0 Å². The van der Waals surface area contributed by atoms with Crippen molar-refractivity contribution in [3.63, 3.8) is 0 Å². The lowest BCUT2D eigenvalue weighted by Crippen LogP contribution is -2.45. The maximum absolute atomic E-state index is 12.2. The van der Waals surface area contributed by atoms with Crippen molar-refractivity contribution in [1.29, 1.82) is 0 Å². The predicted molar refractivity (Wildman–Crippen MR) is 75.1 cm³/mol. The van der Waals surface area contributed by atoms with E-state index in [0.717, 1.165) is 4.90 Å². The van der Waals surface area contributed by atoms with Crippen molar-refractivity contribution < 1.29 is 28.7 Å². The van der Waals surface area contributed by atoms with Gasteiger partial charge in [-0.1, -0.05) is 12.1 Å². The van der Waals surface area contributed by atoms with Gasteiger partial charge in [0.1, 0.15) is 6.04 Å². The monoisotopic (exact) mass is 319 g/mol. The third kappa shape index (κ3) is 3.18. The number of nitrogens with zero attached hydrogens (tertiary/aromatic N) is 1. The molecule has 0 aromatic heterocycles. The highest BCUT2D eigenvalue weighted by molar-refractivity contribution is 6.22. The molecule has 0 saturated heterocycles. The molecule has 23 heavy (non-hydrogen) atoms. The number of ether oxygens (including phenoxy) is 1. The van der Waals surface area contributed by atoms with Crippen molar-refractivity contribution in [1.82, 2.24) is 10.2 Å². The van der Waals surface area contributed by atoms with Gasteiger partial charge in [0.2, 0.25) is 0 Å². The van der Waals surface area contributed by atoms with Crippen molar-refractivity contribution in [3.8, 4) is 0 Å². The molecule has 1 heterocycles. The topological polar surface area (TPSA) is 136 Å². The summed E-state index contributed by atoms with van der Waals surface area (Å²) in [7, 11) is 0. The van der Waals surface area contributed by atoms with Gasteiger partial charge in [-0.2, -0.15) is 0 Å². The highest BCUT2D eigenvalue weighted by Gasteiger charge is 2.41. The molecule has 1 aliphatic rings. The molecule has 0 spiro atoms. The smallest absolute Gasteiger partial charge is 0.329 e. The van der Waals surface area contributed by atoms with E-state index in [1.54, 1.807) is 17.4 Å². The van der Waals surface area contributed by atoms with E-state index in [4.69, 9.17) is 5.73 Å². The van der Waals surface area contributed by atoms with Crippen LogP contribution >= 0.6 is 0 Å². The molecule has 1 aliphatic heterocycles. The fraction of sp³-hybridized carbons (Fsp3) is 0.214. The van der Waals surface area contributed by atoms with Crippen molar-refractivity contribution in [3.05, 3.63) is 35.4 Å². The Hall–Kier alpha value is -3.23. The zero-order chi connectivity index (χ0) is 17.1. The number of hydrogen-bond donors (Lipinski definition) is 2. The second-order valence-electron chi connectivity index (χ2n) is 4.72. The van der Waals surface area contributed by atoms with Crippen LogP contribution in [0.4, 0.5) is 4.79 Å². The van der Waals surface area contributed by atoms with Crippen molar-refractivity contribution in [2.75, 3.05) is 6.61 Å². The van der Waals surface area contributed by atoms with Crippen LogP contribution in [-0.2, 0) is 14.3 Å². The Balaban J connectivity index is 2.04. The van der Waals surface area contributed by atoms with Gasteiger partial charge < -0.3 is 10.5 Å². The number of fused-ring (bicyclic) bond motifs is 1. The molecule has 0 unspecified atom stereocenters. The Bertz CT molecular complexity index is 679. The Labute approximate surface area is 130 Å². The second-order valence-corrected chi connectivity index (χ2v) is 4.72. The molecule has 1 aromatic carbocycles. The lowest BCUT2D eigenvalue weighted by molar-refractivity contribution is -0.151. The number of urea groups is 1. The molecule has 0 radical (unpaired) electrons. The molecule has 0 saturated carbocycles. The maximum Gasteiger partial charge on any atom is 0.329 e. The van der Waals surface area contributed by atoms with Crippen LogP contribution < -0.4 is 11.1 Å². The number of primary amides is 1. The number of rotatable bonds is 4. The van der Waals surface area contributed by atoms with E-state index < -0.39 is 42.4 Å². The lowest BCUT2D eigenvalue weighted by Gasteiger charge is -2.20. The standard InChI is InChI=1S/C14H13N3O6/c1-7(13(21)23-6-10(18)16-14(15)22)17-11(19)8-4-2-3-5-9(8)12(17)20/h2-5,7H,6H2,1H3,(H3,15,16,18,22)/t7-/m1/s1. The second kappa shape index (κ2) is 6.26. The van der Waals surface area contributed by atoms with Crippen LogP contribution in [0.25, 0.3) is 0 Å². The first-order valence-corrected chi connectivity index (χ1v) is 6.55. The van der Waals surface area contributed by atoms with Gasteiger partial charge in [-0.25, -0.2) is 9.59 Å². The molecular weight excluding hydrogens is 306 g/mol. The van der Waals surface area contributed by atoms with Gasteiger partial charge in [-0.05, 0) is 19.1 Å². The van der Waals surface area contributed by atoms with Gasteiger partial charge in [0, 0.05) is 0 Å². The number of amides is 5. The molecule has 5 amide bonds. The molecule has 0 bridgehead atoms. The third-order valence-electron chi connectivity index (χ3n) is 3.16. The summed E-state index contributed by atoms with van der Waals surface area (Å²) in [5.74, 6) is -3.10. The van der Waals surface area contributed by atoms with Crippen LogP contribution in [-0.4, -0.2) is 47.3 Å². The minimum atomic E-state index is -1.22. The minimum absolute atomic E-state index is 0.198. The highest BCUT2D eigenvalue weighted by atomic mass is 16.5. The summed E-state index contributed by atoms with van der Waals surface area (Å²) in [6, 6.07) is 3.86. The van der Waals surface area contributed by atoms with Gasteiger partial charge in [0.05, 0.1) is 11.1 Å². The summed E-state index contributed by atoms with van der Waals surface area (Å²) < 4.78 is 4.67. The summed E-state index contributed by atoms with van der Waals surface area (Å²) in [5.41, 5.74) is 5.13. The molecular formula is C14H13N3O6. The van der Waals surface area contributed by atoms with Gasteiger partial charge in [-0.15, -0.1) is 0 Å². The number of esters is 1. The zero-order valence-electron chi connectivity index (χ0n) is 12.1. The maximum atomic E-state index is 12.2. The Morgan fingerprint density at radius 3 is 2.17 bits per heavy atom. The fourth-order valence-electron chi connectivity index (χ4n) is 2.10. The van der Waals surface area contributed by atoms with E-state index in [1.807, 2.05) is 0 Å². The summed E-state index contributed by atoms with van der Waals surface area (Å²) in [6.45, 7) is 0.547. The Morgan fingerprint density at radius 2 is 1.70 bits per heavy atom. The van der Waals surface area contributed by atoms with Crippen LogP contribution in [0.1, 0.15) is 27.6 Å². The quantitative estimate of drug-likeness (QED) is 0.562. The molecule has 120 valence electrons. The third-order valence-corrected chi connectivity index (χ3v) is 3.16. The average molecular weight is 319 g/mol. The fourth-order valence-corrected chi connectivity index (χ4v) is 2.10. The summed E-state index contributed by atoms with van der Waals surface area (Å²) in [5, 5.41) is 1.71. The highest BCUT2D eigenvalue weighted by Crippen LogP contribution is 2.24. The number of benzene rings is 1. The first kappa shape index (κ1) is 16.1. The van der Waals surface area contributed by atoms with E-state index in [2.05, 4.69) is 4.74 Å². The molecule has 3 N–H and O–H groups in total. The predicted octanol–water partition coefficient (Wildman–Crippen LogP) is -0.591. The first-order valence-electron chi connectivity index (χ1n) is 6.55. The van der Waals surface area contributed by atoms with Crippen molar-refractivity contribution in [2.24, 2.45) is 5.73 Å². The molecule has 9 nitrogen and oxygen atoms in total. The number of carbonyl (C=O) groups excluding carboxylic acids is 5. The Morgan fingerprint density at radius 1 is 1.17 bits per heavy atom. The van der Waals surface area contributed by atoms with Gasteiger partial charge in [0.15, 0.2) is 6.61 Å². The first-order chi connectivity index (χ1) is 10.8. The number of nitrogens with one attached hydrogen (secondary N) is 1. The van der Waals surface area contributed by atoms with Crippen molar-refractivity contribution >= 4 is 29.7 Å². The minimum Gasteiger partial charge on any atom is -0.454 e. The van der Waals surface area contributed by atoms with Crippen LogP contribution in [0.5, 0.6) is 0 Å². The summed E-state index contributed by atoms with van der Waals surface area (Å²) in [4.78, 5) is 58.7. The number of nitrogens with two attached hydrogens (primary N) is 1. The van der Waals surface area contributed by atoms with E-state index in [0.29, 0.717) is 0 Å². The van der Waals surface area contributed by atoms with E-state index in [-0.39, 0.29) is 11.1 Å². The normalized spacial score (nSPS) is 14.2. The lowest BCUT2D eigenvalue weighted by atomic mass is 10.1. The van der Waals surface area contributed by atoms with Crippen LogP contribution in [0.15, 0.2) is 24.3 Å². The van der Waals surface area contributed by atoms with E-state index in [1.165, 1.54) is 19.1 Å². The van der Waals surface area contributed by atoms with Crippen molar-refractivity contribution in [2.45, 2.75) is 13.0 Å². The van der Waals surface area contributed by atoms with E-state index >= 15 is 0 Å². The van der Waals surface area contributed by atoms with E-state index in [9.17, 15) is 24.0 Å². The Kier molecular flexibility index (Phi) is 4.39. The zero-order valence-corrected chi connectivity index (χ0v) is 12.1. The largest absolute Gasteiger partial charge is 0.454 e. The number of hydrogen-bond acceptors (Lipinski definition) is 6. The summed E-state index contributed by atoms with van der Waals surface area (Å²) in [6.07, 6.45) is 0. The molecule has 2 rings (SSSR count). The van der Waals surface area contributed by atoms with Crippen LogP contribution in [0.2, 0.25) is 0 Å². The van der Waals surface area contributed by atoms with Gasteiger partial charge >= 0.3 is 12.0 Å². The molecule has 1 aromatic rings. The van der Waals surface area contributed by atoms with Crippen LogP contribution in [0.3, 0.4) is 0 Å². The molecule has 1 atom stereocenters. The molecule has 0 fully saturated rings. The SMILES string of the molecule is C[C@H](C(=O)OCC(=O)NC(N)=O)N1C(=O)c2ccccc2C1=O. The molecule has 9 heteroatoms. The van der Waals surface area contributed by atoms with Gasteiger partial charge in [-0.3, -0.25) is 24.6 Å². The molecule has 0 aliphatic carbocycles. The average Bonchev–Trinajstić information content (AvgIpc) is 2.75.